The fourth-order valence-electron chi connectivity index (χ4n) is 1.46. The van der Waals surface area contributed by atoms with Gasteiger partial charge in [0.2, 0.25) is 0 Å². The van der Waals surface area contributed by atoms with Gasteiger partial charge in [-0.3, -0.25) is 4.79 Å². The molecule has 0 bridgehead atoms. The van der Waals surface area contributed by atoms with Crippen LogP contribution in [0.15, 0.2) is 36.5 Å². The first-order valence-electron chi connectivity index (χ1n) is 5.25. The number of aromatic nitrogens is 1. The summed E-state index contributed by atoms with van der Waals surface area (Å²) in [7, 11) is 0. The zero-order valence-corrected chi connectivity index (χ0v) is 11.1. The van der Waals surface area contributed by atoms with E-state index in [0.717, 1.165) is 5.56 Å². The third kappa shape index (κ3) is 3.00. The van der Waals surface area contributed by atoms with Crippen molar-refractivity contribution in [3.8, 4) is 0 Å². The summed E-state index contributed by atoms with van der Waals surface area (Å²) in [5.74, 6) is 0.181. The van der Waals surface area contributed by atoms with Crippen LogP contribution in [0.3, 0.4) is 0 Å². The number of carbonyl (C=O) groups is 1. The topological polar surface area (TPSA) is 42.0 Å². The SMILES string of the molecule is Cc1ccnc(NC(=O)c2ccc(Cl)cc2Cl)c1. The van der Waals surface area contributed by atoms with E-state index in [1.54, 1.807) is 24.4 Å². The molecular weight excluding hydrogens is 271 g/mol. The number of halogens is 2. The summed E-state index contributed by atoms with van der Waals surface area (Å²) in [6.45, 7) is 1.92. The normalized spacial score (nSPS) is 10.2. The Morgan fingerprint density at radius 2 is 2.00 bits per heavy atom. The molecule has 0 aliphatic rings. The number of pyridine rings is 1. The minimum absolute atomic E-state index is 0.310. The van der Waals surface area contributed by atoms with Gasteiger partial charge in [-0.1, -0.05) is 23.2 Å². The molecule has 0 atom stereocenters. The standard InChI is InChI=1S/C13H10Cl2N2O/c1-8-4-5-16-12(6-8)17-13(18)10-3-2-9(14)7-11(10)15/h2-7H,1H3,(H,16,17,18). The summed E-state index contributed by atoms with van der Waals surface area (Å²) < 4.78 is 0. The van der Waals surface area contributed by atoms with Crippen molar-refractivity contribution >= 4 is 34.9 Å². The number of carbonyl (C=O) groups excluding carboxylic acids is 1. The largest absolute Gasteiger partial charge is 0.307 e. The van der Waals surface area contributed by atoms with Gasteiger partial charge in [0.1, 0.15) is 5.82 Å². The van der Waals surface area contributed by atoms with Crippen molar-refractivity contribution in [1.29, 1.82) is 0 Å². The number of nitrogens with one attached hydrogen (secondary N) is 1. The van der Waals surface area contributed by atoms with Crippen LogP contribution in [0.25, 0.3) is 0 Å². The quantitative estimate of drug-likeness (QED) is 0.905. The molecule has 1 heterocycles. The summed E-state index contributed by atoms with van der Waals surface area (Å²) in [5.41, 5.74) is 1.38. The van der Waals surface area contributed by atoms with Crippen LogP contribution in [-0.4, -0.2) is 10.9 Å². The molecular formula is C13H10Cl2N2O. The van der Waals surface area contributed by atoms with Crippen LogP contribution in [0.1, 0.15) is 15.9 Å². The Morgan fingerprint density at radius 3 is 2.67 bits per heavy atom. The minimum Gasteiger partial charge on any atom is -0.307 e. The van der Waals surface area contributed by atoms with E-state index in [2.05, 4.69) is 10.3 Å². The molecule has 1 N–H and O–H groups in total. The molecule has 0 fully saturated rings. The number of benzene rings is 1. The van der Waals surface area contributed by atoms with Crippen molar-refractivity contribution in [1.82, 2.24) is 4.98 Å². The lowest BCUT2D eigenvalue weighted by molar-refractivity contribution is 0.102. The zero-order chi connectivity index (χ0) is 13.1. The third-order valence-corrected chi connectivity index (χ3v) is 2.88. The minimum atomic E-state index is -0.310. The second kappa shape index (κ2) is 5.38. The molecule has 1 amide bonds. The van der Waals surface area contributed by atoms with Gasteiger partial charge in [0.25, 0.3) is 5.91 Å². The number of hydrogen-bond acceptors (Lipinski definition) is 2. The summed E-state index contributed by atoms with van der Waals surface area (Å²) in [6, 6.07) is 8.36. The molecule has 2 aromatic rings. The maximum Gasteiger partial charge on any atom is 0.258 e. The Bertz CT molecular complexity index is 599. The Labute approximate surface area is 115 Å². The molecule has 0 saturated heterocycles. The van der Waals surface area contributed by atoms with E-state index in [1.807, 2.05) is 13.0 Å². The van der Waals surface area contributed by atoms with Gasteiger partial charge in [-0.2, -0.15) is 0 Å². The molecule has 3 nitrogen and oxygen atoms in total. The Hall–Kier alpha value is -1.58. The molecule has 0 saturated carbocycles. The second-order valence-electron chi connectivity index (χ2n) is 3.80. The monoisotopic (exact) mass is 280 g/mol. The van der Waals surface area contributed by atoms with Crippen LogP contribution < -0.4 is 5.32 Å². The van der Waals surface area contributed by atoms with Crippen molar-refractivity contribution in [2.45, 2.75) is 6.92 Å². The molecule has 0 radical (unpaired) electrons. The maximum atomic E-state index is 12.0. The predicted molar refractivity (Wildman–Crippen MR) is 73.4 cm³/mol. The highest BCUT2D eigenvalue weighted by Gasteiger charge is 2.11. The highest BCUT2D eigenvalue weighted by Crippen LogP contribution is 2.21. The van der Waals surface area contributed by atoms with E-state index in [9.17, 15) is 4.79 Å². The maximum absolute atomic E-state index is 12.0. The van der Waals surface area contributed by atoms with Crippen molar-refractivity contribution in [2.75, 3.05) is 5.32 Å². The fourth-order valence-corrected chi connectivity index (χ4v) is 1.96. The Kier molecular flexibility index (Phi) is 3.84. The lowest BCUT2D eigenvalue weighted by Crippen LogP contribution is -2.13. The summed E-state index contributed by atoms with van der Waals surface area (Å²) >= 11 is 11.7. The highest BCUT2D eigenvalue weighted by molar-refractivity contribution is 6.37. The zero-order valence-electron chi connectivity index (χ0n) is 9.58. The van der Waals surface area contributed by atoms with Crippen molar-refractivity contribution < 1.29 is 4.79 Å². The van der Waals surface area contributed by atoms with Gasteiger partial charge >= 0.3 is 0 Å². The average Bonchev–Trinajstić information content (AvgIpc) is 2.28. The van der Waals surface area contributed by atoms with E-state index in [1.165, 1.54) is 6.07 Å². The summed E-state index contributed by atoms with van der Waals surface area (Å²) in [5, 5.41) is 3.49. The van der Waals surface area contributed by atoms with Gasteiger partial charge in [-0.05, 0) is 42.8 Å². The first-order valence-corrected chi connectivity index (χ1v) is 6.01. The number of rotatable bonds is 2. The van der Waals surface area contributed by atoms with Gasteiger partial charge in [-0.15, -0.1) is 0 Å². The van der Waals surface area contributed by atoms with E-state index in [-0.39, 0.29) is 5.91 Å². The number of hydrogen-bond donors (Lipinski definition) is 1. The lowest BCUT2D eigenvalue weighted by atomic mass is 10.2. The van der Waals surface area contributed by atoms with Crippen molar-refractivity contribution in [3.63, 3.8) is 0 Å². The number of anilines is 1. The first-order chi connectivity index (χ1) is 8.56. The highest BCUT2D eigenvalue weighted by atomic mass is 35.5. The molecule has 0 aliphatic heterocycles. The average molecular weight is 281 g/mol. The van der Waals surface area contributed by atoms with Crippen LogP contribution in [0.2, 0.25) is 10.0 Å². The molecule has 0 aliphatic carbocycles. The van der Waals surface area contributed by atoms with Gasteiger partial charge < -0.3 is 5.32 Å². The molecule has 1 aromatic carbocycles. The van der Waals surface area contributed by atoms with Gasteiger partial charge in [0.05, 0.1) is 10.6 Å². The van der Waals surface area contributed by atoms with Gasteiger partial charge in [0.15, 0.2) is 0 Å². The lowest BCUT2D eigenvalue weighted by Gasteiger charge is -2.06. The van der Waals surface area contributed by atoms with Gasteiger partial charge in [0, 0.05) is 11.2 Å². The second-order valence-corrected chi connectivity index (χ2v) is 4.64. The van der Waals surface area contributed by atoms with Crippen LogP contribution >= 0.6 is 23.2 Å². The molecule has 0 spiro atoms. The summed E-state index contributed by atoms with van der Waals surface area (Å²) in [6.07, 6.45) is 1.63. The summed E-state index contributed by atoms with van der Waals surface area (Å²) in [4.78, 5) is 16.0. The van der Waals surface area contributed by atoms with Crippen LogP contribution in [0, 0.1) is 6.92 Å². The fraction of sp³-hybridized carbons (Fsp3) is 0.0769. The van der Waals surface area contributed by atoms with E-state index < -0.39 is 0 Å². The number of aryl methyl sites for hydroxylation is 1. The predicted octanol–water partition coefficient (Wildman–Crippen LogP) is 3.95. The Morgan fingerprint density at radius 1 is 1.22 bits per heavy atom. The van der Waals surface area contributed by atoms with Crippen molar-refractivity contribution in [2.24, 2.45) is 0 Å². The Balaban J connectivity index is 2.22. The number of amides is 1. The van der Waals surface area contributed by atoms with Gasteiger partial charge in [-0.25, -0.2) is 4.98 Å². The molecule has 18 heavy (non-hydrogen) atoms. The molecule has 92 valence electrons. The van der Waals surface area contributed by atoms with Crippen LogP contribution in [0.5, 0.6) is 0 Å². The molecule has 5 heteroatoms. The van der Waals surface area contributed by atoms with Crippen molar-refractivity contribution in [3.05, 3.63) is 57.7 Å². The van der Waals surface area contributed by atoms with Crippen LogP contribution in [-0.2, 0) is 0 Å². The van der Waals surface area contributed by atoms with E-state index in [4.69, 9.17) is 23.2 Å². The van der Waals surface area contributed by atoms with E-state index >= 15 is 0 Å². The number of nitrogens with zero attached hydrogens (tertiary/aromatic N) is 1. The third-order valence-electron chi connectivity index (χ3n) is 2.33. The molecule has 1 aromatic heterocycles. The molecule has 0 unspecified atom stereocenters. The smallest absolute Gasteiger partial charge is 0.258 e. The first kappa shape index (κ1) is 12.9. The van der Waals surface area contributed by atoms with Crippen LogP contribution in [0.4, 0.5) is 5.82 Å². The van der Waals surface area contributed by atoms with E-state index in [0.29, 0.717) is 21.4 Å². The molecule has 2 rings (SSSR count).